The molecule has 0 saturated carbocycles. The smallest absolute Gasteiger partial charge is 0.416 e. The summed E-state index contributed by atoms with van der Waals surface area (Å²) in [4.78, 5) is 40.2. The van der Waals surface area contributed by atoms with Crippen LogP contribution < -0.4 is 4.90 Å². The minimum absolute atomic E-state index is 0.00257. The summed E-state index contributed by atoms with van der Waals surface area (Å²) in [5, 5.41) is 19.3. The van der Waals surface area contributed by atoms with Crippen LogP contribution in [0.2, 0.25) is 0 Å². The molecule has 2 atom stereocenters. The molecule has 2 aromatic carbocycles. The number of hydrogen-bond acceptors (Lipinski definition) is 5. The molecule has 1 aliphatic heterocycles. The molecule has 0 bridgehead atoms. The zero-order valence-corrected chi connectivity index (χ0v) is 19.5. The van der Waals surface area contributed by atoms with Crippen LogP contribution in [0.15, 0.2) is 58.6 Å². The number of carbonyl (C=O) groups is 3. The van der Waals surface area contributed by atoms with Gasteiger partial charge in [-0.1, -0.05) is 19.1 Å². The Bertz CT molecular complexity index is 1400. The van der Waals surface area contributed by atoms with Crippen molar-refractivity contribution in [1.29, 1.82) is 5.26 Å². The summed E-state index contributed by atoms with van der Waals surface area (Å²) in [5.41, 5.74) is -1.03. The van der Waals surface area contributed by atoms with E-state index in [-0.39, 0.29) is 51.6 Å². The predicted octanol–water partition coefficient (Wildman–Crippen LogP) is 4.98. The molecule has 0 saturated heterocycles. The fraction of sp³-hybridized carbons (Fsp3) is 0.250. The Labute approximate surface area is 205 Å². The van der Waals surface area contributed by atoms with E-state index in [9.17, 15) is 42.1 Å². The van der Waals surface area contributed by atoms with Crippen LogP contribution >= 0.6 is 0 Å². The van der Waals surface area contributed by atoms with Gasteiger partial charge < -0.3 is 5.11 Å². The Morgan fingerprint density at radius 3 is 2.53 bits per heavy atom. The van der Waals surface area contributed by atoms with Crippen LogP contribution in [0.5, 0.6) is 0 Å². The highest BCUT2D eigenvalue weighted by molar-refractivity contribution is 7.85. The van der Waals surface area contributed by atoms with Crippen molar-refractivity contribution in [3.63, 3.8) is 0 Å². The summed E-state index contributed by atoms with van der Waals surface area (Å²) in [6.07, 6.45) is -6.54. The first-order chi connectivity index (χ1) is 17.0. The number of allylic oxidation sites excluding steroid dienone is 1. The minimum atomic E-state index is -4.71. The summed E-state index contributed by atoms with van der Waals surface area (Å²) in [7, 11) is -1.69. The van der Waals surface area contributed by atoms with Crippen molar-refractivity contribution in [2.24, 2.45) is 0 Å². The third-order valence-corrected chi connectivity index (χ3v) is 7.35. The molecule has 0 aromatic heterocycles. The van der Waals surface area contributed by atoms with Crippen molar-refractivity contribution in [1.82, 2.24) is 4.90 Å². The number of imide groups is 1. The summed E-state index contributed by atoms with van der Waals surface area (Å²) < 4.78 is 52.8. The lowest BCUT2D eigenvalue weighted by atomic mass is 9.92. The zero-order valence-electron chi connectivity index (χ0n) is 18.7. The van der Waals surface area contributed by atoms with Crippen LogP contribution in [-0.4, -0.2) is 37.9 Å². The number of anilines is 1. The first-order valence-corrected chi connectivity index (χ1v) is 12.0. The Morgan fingerprint density at radius 2 is 1.92 bits per heavy atom. The molecule has 0 radical (unpaired) electrons. The summed E-state index contributed by atoms with van der Waals surface area (Å²) in [6, 6.07) is 7.13. The van der Waals surface area contributed by atoms with Gasteiger partial charge in [0, 0.05) is 28.3 Å². The summed E-state index contributed by atoms with van der Waals surface area (Å²) in [5.74, 6) is -0.366. The van der Waals surface area contributed by atoms with Gasteiger partial charge in [0.25, 0.3) is 0 Å². The zero-order chi connectivity index (χ0) is 26.4. The van der Waals surface area contributed by atoms with Crippen LogP contribution in [0, 0.1) is 11.3 Å². The Balaban J connectivity index is 1.99. The van der Waals surface area contributed by atoms with E-state index in [2.05, 4.69) is 0 Å². The van der Waals surface area contributed by atoms with Crippen molar-refractivity contribution < 1.29 is 36.9 Å². The van der Waals surface area contributed by atoms with E-state index in [1.807, 2.05) is 6.07 Å². The lowest BCUT2D eigenvalue weighted by Gasteiger charge is -2.40. The van der Waals surface area contributed by atoms with Crippen LogP contribution in [0.25, 0.3) is 0 Å². The summed E-state index contributed by atoms with van der Waals surface area (Å²) >= 11 is 0. The molecule has 1 heterocycles. The van der Waals surface area contributed by atoms with Gasteiger partial charge in [0.2, 0.25) is 0 Å². The average Bonchev–Trinajstić information content (AvgIpc) is 3.22. The van der Waals surface area contributed by atoms with E-state index in [1.54, 1.807) is 6.92 Å². The van der Waals surface area contributed by atoms with Crippen molar-refractivity contribution >= 4 is 34.4 Å². The van der Waals surface area contributed by atoms with E-state index >= 15 is 0 Å². The normalized spacial score (nSPS) is 18.8. The number of hydrogen-bond donors (Lipinski definition) is 1. The fourth-order valence-electron chi connectivity index (χ4n) is 4.42. The lowest BCUT2D eigenvalue weighted by Crippen LogP contribution is -2.52. The second-order valence-electron chi connectivity index (χ2n) is 8.00. The maximum absolute atomic E-state index is 13.6. The van der Waals surface area contributed by atoms with Gasteiger partial charge in [0.05, 0.1) is 33.7 Å². The number of urea groups is 1. The van der Waals surface area contributed by atoms with Crippen LogP contribution in [0.3, 0.4) is 0 Å². The molecule has 186 valence electrons. The van der Waals surface area contributed by atoms with Crippen LogP contribution in [-0.2, 0) is 21.8 Å². The SMILES string of the molecule is CCS(=O)c1cc(C#N)ccc1C1C2=C(CCC2=O)N(c2cccc(C(F)(F)F)c2)C(=O)N1C(=O)O. The lowest BCUT2D eigenvalue weighted by molar-refractivity contribution is -0.137. The first-order valence-electron chi connectivity index (χ1n) is 10.7. The Hall–Kier alpha value is -3.98. The maximum atomic E-state index is 13.6. The number of nitriles is 1. The largest absolute Gasteiger partial charge is 0.465 e. The molecule has 4 rings (SSSR count). The third kappa shape index (κ3) is 4.15. The predicted molar refractivity (Wildman–Crippen MR) is 121 cm³/mol. The number of Topliss-reactive ketones (excluding diaryl/α,β-unsaturated/α-hetero) is 1. The van der Waals surface area contributed by atoms with Gasteiger partial charge in [-0.3, -0.25) is 13.9 Å². The van der Waals surface area contributed by atoms with Gasteiger partial charge in [-0.25, -0.2) is 14.5 Å². The summed E-state index contributed by atoms with van der Waals surface area (Å²) in [6.45, 7) is 1.61. The quantitative estimate of drug-likeness (QED) is 0.611. The molecule has 3 amide bonds. The Morgan fingerprint density at radius 1 is 1.19 bits per heavy atom. The van der Waals surface area contributed by atoms with E-state index in [1.165, 1.54) is 24.3 Å². The average molecular weight is 517 g/mol. The van der Waals surface area contributed by atoms with Gasteiger partial charge in [0.1, 0.15) is 6.04 Å². The van der Waals surface area contributed by atoms with E-state index < -0.39 is 46.5 Å². The molecule has 12 heteroatoms. The van der Waals surface area contributed by atoms with Crippen molar-refractivity contribution in [3.05, 3.63) is 70.4 Å². The molecular weight excluding hydrogens is 499 g/mol. The number of halogens is 3. The van der Waals surface area contributed by atoms with Gasteiger partial charge >= 0.3 is 18.3 Å². The minimum Gasteiger partial charge on any atom is -0.465 e. The molecule has 0 fully saturated rings. The van der Waals surface area contributed by atoms with Crippen molar-refractivity contribution in [3.8, 4) is 6.07 Å². The highest BCUT2D eigenvalue weighted by atomic mass is 32.2. The second kappa shape index (κ2) is 9.23. The highest BCUT2D eigenvalue weighted by Gasteiger charge is 2.49. The molecule has 8 nitrogen and oxygen atoms in total. The number of benzene rings is 2. The number of nitrogens with zero attached hydrogens (tertiary/aromatic N) is 3. The van der Waals surface area contributed by atoms with Crippen LogP contribution in [0.4, 0.5) is 28.4 Å². The topological polar surface area (TPSA) is 119 Å². The van der Waals surface area contributed by atoms with Gasteiger partial charge in [-0.2, -0.15) is 18.4 Å². The molecule has 2 unspecified atom stereocenters. The standard InChI is InChI=1S/C24H18F3N3O5S/c1-2-36(35)19-10-13(12-28)6-7-16(19)21-20-17(8-9-18(20)31)29(22(32)30(21)23(33)34)15-5-3-4-14(11-15)24(25,26)27/h3-7,10-11,21H,2,8-9H2,1H3,(H,33,34). The van der Waals surface area contributed by atoms with E-state index in [4.69, 9.17) is 0 Å². The molecule has 36 heavy (non-hydrogen) atoms. The molecule has 2 aliphatic rings. The van der Waals surface area contributed by atoms with Gasteiger partial charge in [-0.05, 0) is 42.3 Å². The van der Waals surface area contributed by atoms with E-state index in [0.717, 1.165) is 17.0 Å². The second-order valence-corrected chi connectivity index (χ2v) is 9.71. The molecule has 1 N–H and O–H groups in total. The molecule has 0 spiro atoms. The first kappa shape index (κ1) is 25.1. The van der Waals surface area contributed by atoms with Gasteiger partial charge in [-0.15, -0.1) is 0 Å². The Kier molecular flexibility index (Phi) is 6.44. The van der Waals surface area contributed by atoms with Crippen molar-refractivity contribution in [2.45, 2.75) is 36.9 Å². The van der Waals surface area contributed by atoms with E-state index in [0.29, 0.717) is 11.0 Å². The number of alkyl halides is 3. The monoisotopic (exact) mass is 517 g/mol. The highest BCUT2D eigenvalue weighted by Crippen LogP contribution is 2.46. The number of carboxylic acid groups (broad SMARTS) is 1. The maximum Gasteiger partial charge on any atom is 0.416 e. The number of rotatable bonds is 4. The fourth-order valence-corrected chi connectivity index (χ4v) is 5.44. The van der Waals surface area contributed by atoms with Gasteiger partial charge in [0.15, 0.2) is 5.78 Å². The van der Waals surface area contributed by atoms with Crippen molar-refractivity contribution in [2.75, 3.05) is 10.7 Å². The molecule has 2 aromatic rings. The molecular formula is C24H18F3N3O5S. The van der Waals surface area contributed by atoms with Crippen LogP contribution in [0.1, 0.15) is 42.5 Å². The third-order valence-electron chi connectivity index (χ3n) is 5.98. The number of amides is 3. The number of ketones is 1. The molecule has 1 aliphatic carbocycles. The number of carbonyl (C=O) groups excluding carboxylic acids is 2.